The summed E-state index contributed by atoms with van der Waals surface area (Å²) in [6.07, 6.45) is 3.78. The van der Waals surface area contributed by atoms with Crippen molar-refractivity contribution in [2.24, 2.45) is 5.73 Å². The predicted molar refractivity (Wildman–Crippen MR) is 72.1 cm³/mol. The van der Waals surface area contributed by atoms with E-state index in [4.69, 9.17) is 5.73 Å². The van der Waals surface area contributed by atoms with Gasteiger partial charge in [0.05, 0.1) is 5.56 Å². The number of amides is 1. The third-order valence-corrected chi connectivity index (χ3v) is 3.63. The summed E-state index contributed by atoms with van der Waals surface area (Å²) in [4.78, 5) is 14.2. The summed E-state index contributed by atoms with van der Waals surface area (Å²) >= 11 is 0. The lowest BCUT2D eigenvalue weighted by Gasteiger charge is -2.35. The van der Waals surface area contributed by atoms with E-state index in [2.05, 4.69) is 0 Å². The molecule has 0 spiro atoms. The second kappa shape index (κ2) is 5.93. The van der Waals surface area contributed by atoms with Gasteiger partial charge in [0.25, 0.3) is 5.91 Å². The van der Waals surface area contributed by atoms with E-state index in [-0.39, 0.29) is 29.0 Å². The molecular formula is C14H20N2O3. The average molecular weight is 264 g/mol. The SMILES string of the molecule is NCCC1CCCCN1C(=O)c1cccc(O)c1O. The standard InChI is InChI=1S/C14H20N2O3/c15-8-7-10-4-1-2-9-16(10)14(19)11-5-3-6-12(17)13(11)18/h3,5-6,10,17-18H,1-2,4,7-9,15H2. The molecule has 1 aromatic carbocycles. The molecule has 5 nitrogen and oxygen atoms in total. The minimum atomic E-state index is -0.343. The first-order valence-electron chi connectivity index (χ1n) is 6.67. The smallest absolute Gasteiger partial charge is 0.258 e. The Morgan fingerprint density at radius 3 is 2.89 bits per heavy atom. The first-order valence-corrected chi connectivity index (χ1v) is 6.67. The van der Waals surface area contributed by atoms with Gasteiger partial charge in [0.1, 0.15) is 0 Å². The summed E-state index contributed by atoms with van der Waals surface area (Å²) in [5.41, 5.74) is 5.74. The van der Waals surface area contributed by atoms with E-state index in [0.717, 1.165) is 25.7 Å². The minimum absolute atomic E-state index is 0.132. The largest absolute Gasteiger partial charge is 0.504 e. The average Bonchev–Trinajstić information content (AvgIpc) is 2.42. The summed E-state index contributed by atoms with van der Waals surface area (Å²) in [6.45, 7) is 1.22. The summed E-state index contributed by atoms with van der Waals surface area (Å²) in [5, 5.41) is 19.3. The van der Waals surface area contributed by atoms with Crippen LogP contribution in [0.15, 0.2) is 18.2 Å². The molecule has 1 fully saturated rings. The van der Waals surface area contributed by atoms with E-state index in [0.29, 0.717) is 13.1 Å². The second-order valence-electron chi connectivity index (χ2n) is 4.90. The summed E-state index contributed by atoms with van der Waals surface area (Å²) < 4.78 is 0. The topological polar surface area (TPSA) is 86.8 Å². The second-order valence-corrected chi connectivity index (χ2v) is 4.90. The fourth-order valence-corrected chi connectivity index (χ4v) is 2.62. The summed E-state index contributed by atoms with van der Waals surface area (Å²) in [5.74, 6) is -0.839. The highest BCUT2D eigenvalue weighted by Gasteiger charge is 2.28. The molecule has 5 heteroatoms. The van der Waals surface area contributed by atoms with Gasteiger partial charge in [0.2, 0.25) is 0 Å². The number of nitrogens with zero attached hydrogens (tertiary/aromatic N) is 1. The van der Waals surface area contributed by atoms with Gasteiger partial charge in [-0.1, -0.05) is 6.07 Å². The van der Waals surface area contributed by atoms with Gasteiger partial charge in [-0.3, -0.25) is 4.79 Å². The number of piperidine rings is 1. The molecule has 0 aliphatic carbocycles. The molecule has 0 bridgehead atoms. The predicted octanol–water partition coefficient (Wildman–Crippen LogP) is 1.44. The van der Waals surface area contributed by atoms with Crippen molar-refractivity contribution in [3.63, 3.8) is 0 Å². The Kier molecular flexibility index (Phi) is 4.27. The summed E-state index contributed by atoms with van der Waals surface area (Å²) in [6, 6.07) is 4.59. The molecular weight excluding hydrogens is 244 g/mol. The highest BCUT2D eigenvalue weighted by atomic mass is 16.3. The Morgan fingerprint density at radius 2 is 2.16 bits per heavy atom. The molecule has 1 unspecified atom stereocenters. The van der Waals surface area contributed by atoms with Gasteiger partial charge in [0.15, 0.2) is 11.5 Å². The molecule has 2 rings (SSSR count). The van der Waals surface area contributed by atoms with E-state index in [1.54, 1.807) is 11.0 Å². The van der Waals surface area contributed by atoms with Crippen molar-refractivity contribution in [3.05, 3.63) is 23.8 Å². The fourth-order valence-electron chi connectivity index (χ4n) is 2.62. The number of aromatic hydroxyl groups is 2. The number of phenols is 2. The van der Waals surface area contributed by atoms with Crippen LogP contribution >= 0.6 is 0 Å². The van der Waals surface area contributed by atoms with Crippen molar-refractivity contribution in [3.8, 4) is 11.5 Å². The van der Waals surface area contributed by atoms with Crippen LogP contribution in [0.1, 0.15) is 36.0 Å². The van der Waals surface area contributed by atoms with Crippen molar-refractivity contribution in [1.82, 2.24) is 4.90 Å². The van der Waals surface area contributed by atoms with Gasteiger partial charge in [-0.2, -0.15) is 0 Å². The first-order chi connectivity index (χ1) is 9.15. The van der Waals surface area contributed by atoms with Crippen LogP contribution in [-0.4, -0.2) is 40.2 Å². The van der Waals surface area contributed by atoms with Crippen LogP contribution in [-0.2, 0) is 0 Å². The molecule has 1 aromatic rings. The van der Waals surface area contributed by atoms with Gasteiger partial charge < -0.3 is 20.8 Å². The van der Waals surface area contributed by atoms with Crippen LogP contribution in [0.25, 0.3) is 0 Å². The van der Waals surface area contributed by atoms with Crippen LogP contribution in [0, 0.1) is 0 Å². The molecule has 0 aromatic heterocycles. The molecule has 1 heterocycles. The van der Waals surface area contributed by atoms with Gasteiger partial charge in [-0.15, -0.1) is 0 Å². The number of likely N-dealkylation sites (tertiary alicyclic amines) is 1. The molecule has 1 atom stereocenters. The Balaban J connectivity index is 2.23. The van der Waals surface area contributed by atoms with Crippen LogP contribution in [0.4, 0.5) is 0 Å². The van der Waals surface area contributed by atoms with Crippen molar-refractivity contribution >= 4 is 5.91 Å². The lowest BCUT2D eigenvalue weighted by molar-refractivity contribution is 0.0601. The summed E-state index contributed by atoms with van der Waals surface area (Å²) in [7, 11) is 0. The number of para-hydroxylation sites is 1. The fraction of sp³-hybridized carbons (Fsp3) is 0.500. The van der Waals surface area contributed by atoms with E-state index in [1.165, 1.54) is 12.1 Å². The van der Waals surface area contributed by atoms with E-state index in [1.807, 2.05) is 0 Å². The maximum atomic E-state index is 12.5. The molecule has 0 saturated carbocycles. The number of carbonyl (C=O) groups excluding carboxylic acids is 1. The Morgan fingerprint density at radius 1 is 1.37 bits per heavy atom. The van der Waals surface area contributed by atoms with E-state index < -0.39 is 0 Å². The minimum Gasteiger partial charge on any atom is -0.504 e. The Bertz CT molecular complexity index is 460. The number of nitrogens with two attached hydrogens (primary N) is 1. The van der Waals surface area contributed by atoms with Crippen molar-refractivity contribution < 1.29 is 15.0 Å². The van der Waals surface area contributed by atoms with Gasteiger partial charge in [-0.25, -0.2) is 0 Å². The monoisotopic (exact) mass is 264 g/mol. The first kappa shape index (κ1) is 13.7. The zero-order valence-electron chi connectivity index (χ0n) is 10.9. The number of carbonyl (C=O) groups is 1. The molecule has 1 aliphatic rings. The molecule has 1 saturated heterocycles. The maximum absolute atomic E-state index is 12.5. The zero-order valence-corrected chi connectivity index (χ0v) is 10.9. The quantitative estimate of drug-likeness (QED) is 0.721. The molecule has 0 radical (unpaired) electrons. The molecule has 4 N–H and O–H groups in total. The lowest BCUT2D eigenvalue weighted by atomic mass is 9.98. The number of benzene rings is 1. The van der Waals surface area contributed by atoms with E-state index in [9.17, 15) is 15.0 Å². The number of hydrogen-bond donors (Lipinski definition) is 3. The van der Waals surface area contributed by atoms with E-state index >= 15 is 0 Å². The van der Waals surface area contributed by atoms with Crippen LogP contribution < -0.4 is 5.73 Å². The highest BCUT2D eigenvalue weighted by molar-refractivity contribution is 5.97. The molecule has 19 heavy (non-hydrogen) atoms. The molecule has 1 aliphatic heterocycles. The number of rotatable bonds is 3. The third-order valence-electron chi connectivity index (χ3n) is 3.63. The van der Waals surface area contributed by atoms with Crippen molar-refractivity contribution in [1.29, 1.82) is 0 Å². The lowest BCUT2D eigenvalue weighted by Crippen LogP contribution is -2.44. The number of hydrogen-bond acceptors (Lipinski definition) is 4. The Hall–Kier alpha value is -1.75. The van der Waals surface area contributed by atoms with Gasteiger partial charge in [-0.05, 0) is 44.4 Å². The van der Waals surface area contributed by atoms with Gasteiger partial charge in [0, 0.05) is 12.6 Å². The Labute approximate surface area is 112 Å². The normalized spacial score (nSPS) is 19.4. The number of phenolic OH excluding ortho intramolecular Hbond substituents is 2. The van der Waals surface area contributed by atoms with Gasteiger partial charge >= 0.3 is 0 Å². The van der Waals surface area contributed by atoms with Crippen molar-refractivity contribution in [2.45, 2.75) is 31.7 Å². The molecule has 104 valence electrons. The highest BCUT2D eigenvalue weighted by Crippen LogP contribution is 2.31. The van der Waals surface area contributed by atoms with Crippen LogP contribution in [0.5, 0.6) is 11.5 Å². The molecule has 1 amide bonds. The van der Waals surface area contributed by atoms with Crippen LogP contribution in [0.3, 0.4) is 0 Å². The maximum Gasteiger partial charge on any atom is 0.258 e. The van der Waals surface area contributed by atoms with Crippen molar-refractivity contribution in [2.75, 3.05) is 13.1 Å². The zero-order chi connectivity index (χ0) is 13.8. The third kappa shape index (κ3) is 2.81. The van der Waals surface area contributed by atoms with Crippen LogP contribution in [0.2, 0.25) is 0 Å².